The average Bonchev–Trinajstić information content (AvgIpc) is 3.16. The Morgan fingerprint density at radius 2 is 2.35 bits per heavy atom. The number of likely N-dealkylation sites (tertiary alicyclic amines) is 1. The first-order chi connectivity index (χ1) is 11.1. The molecule has 0 saturated carbocycles. The molecule has 0 bridgehead atoms. The largest absolute Gasteiger partial charge is 0.370 e. The maximum absolute atomic E-state index is 6.14. The number of hydrogen-bond acceptors (Lipinski definition) is 4. The van der Waals surface area contributed by atoms with E-state index in [9.17, 15) is 0 Å². The van der Waals surface area contributed by atoms with E-state index in [-0.39, 0.29) is 0 Å². The quantitative estimate of drug-likeness (QED) is 0.676. The van der Waals surface area contributed by atoms with Gasteiger partial charge in [-0.25, -0.2) is 4.98 Å². The van der Waals surface area contributed by atoms with Gasteiger partial charge in [0.2, 0.25) is 0 Å². The molecule has 2 aromatic heterocycles. The summed E-state index contributed by atoms with van der Waals surface area (Å²) in [5.74, 6) is 1.43. The molecule has 0 amide bonds. The van der Waals surface area contributed by atoms with Crippen LogP contribution < -0.4 is 5.73 Å². The van der Waals surface area contributed by atoms with Gasteiger partial charge in [0.05, 0.1) is 15.6 Å². The van der Waals surface area contributed by atoms with E-state index < -0.39 is 0 Å². The van der Waals surface area contributed by atoms with Gasteiger partial charge in [0.15, 0.2) is 5.96 Å². The molecule has 6 heteroatoms. The van der Waals surface area contributed by atoms with Gasteiger partial charge in [-0.05, 0) is 37.8 Å². The van der Waals surface area contributed by atoms with E-state index in [2.05, 4.69) is 39.3 Å². The van der Waals surface area contributed by atoms with Gasteiger partial charge >= 0.3 is 0 Å². The monoisotopic (exact) mass is 348 g/mol. The van der Waals surface area contributed by atoms with Gasteiger partial charge in [-0.2, -0.15) is 0 Å². The van der Waals surface area contributed by atoms with E-state index in [1.165, 1.54) is 22.6 Å². The van der Waals surface area contributed by atoms with Crippen molar-refractivity contribution in [1.82, 2.24) is 9.88 Å². The van der Waals surface area contributed by atoms with Gasteiger partial charge in [-0.3, -0.25) is 4.99 Å². The highest BCUT2D eigenvalue weighted by Crippen LogP contribution is 2.29. The van der Waals surface area contributed by atoms with Gasteiger partial charge in [0.25, 0.3) is 0 Å². The zero-order chi connectivity index (χ0) is 16.2. The summed E-state index contributed by atoms with van der Waals surface area (Å²) in [6.07, 6.45) is 3.47. The molecule has 3 rings (SSSR count). The lowest BCUT2D eigenvalue weighted by molar-refractivity contribution is 0.270. The van der Waals surface area contributed by atoms with Crippen molar-refractivity contribution < 1.29 is 0 Å². The van der Waals surface area contributed by atoms with E-state index in [0.29, 0.717) is 5.96 Å². The smallest absolute Gasteiger partial charge is 0.191 e. The summed E-state index contributed by atoms with van der Waals surface area (Å²) >= 11 is 3.51. The lowest BCUT2D eigenvalue weighted by Crippen LogP contribution is -2.43. The van der Waals surface area contributed by atoms with E-state index in [0.717, 1.165) is 42.7 Å². The second-order valence-electron chi connectivity index (χ2n) is 6.20. The predicted octanol–water partition coefficient (Wildman–Crippen LogP) is 3.77. The number of aliphatic imine (C=N–C) groups is 1. The summed E-state index contributed by atoms with van der Waals surface area (Å²) in [7, 11) is 0. The van der Waals surface area contributed by atoms with Crippen LogP contribution in [0.3, 0.4) is 0 Å². The minimum Gasteiger partial charge on any atom is -0.370 e. The van der Waals surface area contributed by atoms with Crippen LogP contribution >= 0.6 is 22.7 Å². The van der Waals surface area contributed by atoms with Crippen LogP contribution in [-0.4, -0.2) is 35.5 Å². The third-order valence-electron chi connectivity index (χ3n) is 4.15. The molecular formula is C17H24N4S2. The van der Waals surface area contributed by atoms with Gasteiger partial charge in [-0.15, -0.1) is 22.7 Å². The Labute approximate surface area is 146 Å². The summed E-state index contributed by atoms with van der Waals surface area (Å²) in [5, 5.41) is 3.24. The minimum atomic E-state index is 0.712. The Morgan fingerprint density at radius 3 is 3.09 bits per heavy atom. The van der Waals surface area contributed by atoms with Crippen molar-refractivity contribution in [3.8, 4) is 10.6 Å². The van der Waals surface area contributed by atoms with Crippen LogP contribution in [0, 0.1) is 12.8 Å². The molecule has 0 spiro atoms. The molecule has 0 radical (unpaired) electrons. The molecule has 1 aliphatic rings. The maximum Gasteiger partial charge on any atom is 0.191 e. The van der Waals surface area contributed by atoms with Gasteiger partial charge in [0.1, 0.15) is 0 Å². The molecule has 1 fully saturated rings. The fourth-order valence-corrected chi connectivity index (χ4v) is 4.55. The van der Waals surface area contributed by atoms with E-state index in [4.69, 9.17) is 5.73 Å². The molecule has 3 heterocycles. The van der Waals surface area contributed by atoms with Gasteiger partial charge in [-0.1, -0.05) is 6.92 Å². The number of aromatic nitrogens is 1. The molecule has 1 aliphatic heterocycles. The number of thiazole rings is 1. The third-order valence-corrected chi connectivity index (χ3v) is 6.09. The topological polar surface area (TPSA) is 54.5 Å². The SMILES string of the molecule is Cc1nc(-c2ccc(CCN=C(N)N3CCCC(C)C3)s2)cs1. The number of rotatable bonds is 4. The van der Waals surface area contributed by atoms with Crippen molar-refractivity contribution in [3.63, 3.8) is 0 Å². The lowest BCUT2D eigenvalue weighted by atomic mass is 10.0. The van der Waals surface area contributed by atoms with E-state index in [1.54, 1.807) is 11.3 Å². The Hall–Kier alpha value is -1.40. The number of guanidine groups is 1. The van der Waals surface area contributed by atoms with Crippen LogP contribution in [0.15, 0.2) is 22.5 Å². The zero-order valence-corrected chi connectivity index (χ0v) is 15.4. The van der Waals surface area contributed by atoms with Crippen LogP contribution in [0.1, 0.15) is 29.7 Å². The van der Waals surface area contributed by atoms with Crippen LogP contribution in [0.2, 0.25) is 0 Å². The van der Waals surface area contributed by atoms with Crippen LogP contribution in [0.25, 0.3) is 10.6 Å². The standard InChI is InChI=1S/C17H24N4S2/c1-12-4-3-9-21(10-12)17(18)19-8-7-14-5-6-16(23-14)15-11-22-13(2)20-15/h5-6,11-12H,3-4,7-10H2,1-2H3,(H2,18,19). The average molecular weight is 349 g/mol. The van der Waals surface area contributed by atoms with Crippen molar-refractivity contribution in [2.75, 3.05) is 19.6 Å². The summed E-state index contributed by atoms with van der Waals surface area (Å²) in [4.78, 5) is 13.9. The molecular weight excluding hydrogens is 324 g/mol. The molecule has 4 nitrogen and oxygen atoms in total. The lowest BCUT2D eigenvalue weighted by Gasteiger charge is -2.31. The number of nitrogens with zero attached hydrogens (tertiary/aromatic N) is 3. The highest BCUT2D eigenvalue weighted by Gasteiger charge is 2.17. The first-order valence-corrected chi connectivity index (χ1v) is 9.87. The third kappa shape index (κ3) is 4.32. The Kier molecular flexibility index (Phi) is 5.33. The first-order valence-electron chi connectivity index (χ1n) is 8.18. The number of hydrogen-bond donors (Lipinski definition) is 1. The number of nitrogens with two attached hydrogens (primary N) is 1. The molecule has 1 unspecified atom stereocenters. The maximum atomic E-state index is 6.14. The number of aryl methyl sites for hydroxylation is 1. The number of piperidine rings is 1. The van der Waals surface area contributed by atoms with Gasteiger partial charge in [0, 0.05) is 36.3 Å². The highest BCUT2D eigenvalue weighted by molar-refractivity contribution is 7.16. The summed E-state index contributed by atoms with van der Waals surface area (Å²) in [5.41, 5.74) is 7.24. The molecule has 124 valence electrons. The fraction of sp³-hybridized carbons (Fsp3) is 0.529. The van der Waals surface area contributed by atoms with Crippen molar-refractivity contribution in [2.24, 2.45) is 16.6 Å². The minimum absolute atomic E-state index is 0.712. The highest BCUT2D eigenvalue weighted by atomic mass is 32.1. The fourth-order valence-electron chi connectivity index (χ4n) is 2.90. The van der Waals surface area contributed by atoms with Gasteiger partial charge < -0.3 is 10.6 Å². The number of thiophene rings is 1. The van der Waals surface area contributed by atoms with E-state index in [1.807, 2.05) is 18.3 Å². The zero-order valence-electron chi connectivity index (χ0n) is 13.8. The first kappa shape index (κ1) is 16.5. The Balaban J connectivity index is 1.54. The Morgan fingerprint density at radius 1 is 1.48 bits per heavy atom. The summed E-state index contributed by atoms with van der Waals surface area (Å²) < 4.78 is 0. The second kappa shape index (κ2) is 7.45. The van der Waals surface area contributed by atoms with Crippen LogP contribution in [0.4, 0.5) is 0 Å². The summed E-state index contributed by atoms with van der Waals surface area (Å²) in [6.45, 7) is 7.18. The molecule has 2 aromatic rings. The molecule has 1 saturated heterocycles. The molecule has 0 aliphatic carbocycles. The predicted molar refractivity (Wildman–Crippen MR) is 100 cm³/mol. The molecule has 1 atom stereocenters. The molecule has 2 N–H and O–H groups in total. The molecule has 23 heavy (non-hydrogen) atoms. The summed E-state index contributed by atoms with van der Waals surface area (Å²) in [6, 6.07) is 4.34. The molecule has 0 aromatic carbocycles. The normalized spacial score (nSPS) is 19.3. The second-order valence-corrected chi connectivity index (χ2v) is 8.43. The van der Waals surface area contributed by atoms with E-state index >= 15 is 0 Å². The van der Waals surface area contributed by atoms with Crippen molar-refractivity contribution in [3.05, 3.63) is 27.4 Å². The van der Waals surface area contributed by atoms with Crippen LogP contribution in [0.5, 0.6) is 0 Å². The van der Waals surface area contributed by atoms with Crippen molar-refractivity contribution in [2.45, 2.75) is 33.1 Å². The van der Waals surface area contributed by atoms with Crippen LogP contribution in [-0.2, 0) is 6.42 Å². The van der Waals surface area contributed by atoms with Crippen molar-refractivity contribution >= 4 is 28.6 Å². The van der Waals surface area contributed by atoms with Crippen molar-refractivity contribution in [1.29, 1.82) is 0 Å². The Bertz CT molecular complexity index is 674.